The molecule has 0 aliphatic heterocycles. The van der Waals surface area contributed by atoms with E-state index in [9.17, 15) is 5.11 Å². The van der Waals surface area contributed by atoms with Crippen LogP contribution in [-0.4, -0.2) is 20.1 Å². The van der Waals surface area contributed by atoms with Crippen LogP contribution in [-0.2, 0) is 12.8 Å². The molecule has 90 valence electrons. The smallest absolute Gasteiger partial charge is 0.0929 e. The molecule has 1 aromatic heterocycles. The number of hydrogen-bond acceptors (Lipinski definition) is 4. The van der Waals surface area contributed by atoms with Crippen LogP contribution in [0.1, 0.15) is 24.3 Å². The minimum atomic E-state index is -0.424. The van der Waals surface area contributed by atoms with Gasteiger partial charge in [0.05, 0.1) is 11.8 Å². The van der Waals surface area contributed by atoms with Crippen LogP contribution in [0.5, 0.6) is 0 Å². The fraction of sp³-hybridized carbons (Fsp3) is 0.333. The van der Waals surface area contributed by atoms with E-state index in [1.165, 1.54) is 0 Å². The first-order valence-corrected chi connectivity index (χ1v) is 6.40. The molecule has 1 N–H and O–H groups in total. The van der Waals surface area contributed by atoms with Crippen LogP contribution < -0.4 is 0 Å². The first-order chi connectivity index (χ1) is 8.15. The second-order valence-electron chi connectivity index (χ2n) is 3.92. The number of aliphatic hydroxyl groups is 1. The van der Waals surface area contributed by atoms with Crippen molar-refractivity contribution in [1.82, 2.24) is 15.0 Å². The lowest BCUT2D eigenvalue weighted by Crippen LogP contribution is -1.90. The molecule has 5 heteroatoms. The predicted molar refractivity (Wildman–Crippen MR) is 67.6 cm³/mol. The topological polar surface area (TPSA) is 50.9 Å². The number of aliphatic hydroxyl groups excluding tert-OH is 1. The second-order valence-corrected chi connectivity index (χ2v) is 4.97. The molecule has 0 saturated carbocycles. The molecule has 0 fully saturated rings. The zero-order chi connectivity index (χ0) is 12.3. The normalized spacial score (nSPS) is 12.6. The Morgan fingerprint density at radius 2 is 2.29 bits per heavy atom. The Balaban J connectivity index is 2.01. The summed E-state index contributed by atoms with van der Waals surface area (Å²) in [5, 5.41) is 17.4. The molecule has 1 atom stereocenters. The molecule has 2 rings (SSSR count). The molecule has 0 spiro atoms. The summed E-state index contributed by atoms with van der Waals surface area (Å²) in [6, 6.07) is 7.93. The van der Waals surface area contributed by atoms with Crippen LogP contribution in [0.15, 0.2) is 35.4 Å². The average Bonchev–Trinajstić information content (AvgIpc) is 2.73. The van der Waals surface area contributed by atoms with Crippen molar-refractivity contribution in [2.24, 2.45) is 7.05 Å². The maximum Gasteiger partial charge on any atom is 0.0929 e. The molecule has 0 aliphatic rings. The van der Waals surface area contributed by atoms with Crippen molar-refractivity contribution < 1.29 is 5.11 Å². The van der Waals surface area contributed by atoms with Gasteiger partial charge in [-0.05, 0) is 24.6 Å². The Hall–Kier alpha value is -1.33. The molecule has 0 radical (unpaired) electrons. The number of rotatable bonds is 4. The van der Waals surface area contributed by atoms with Crippen LogP contribution in [0.4, 0.5) is 0 Å². The third-order valence-corrected chi connectivity index (χ3v) is 3.40. The van der Waals surface area contributed by atoms with Gasteiger partial charge in [-0.2, -0.15) is 0 Å². The Kier molecular flexibility index (Phi) is 3.81. The van der Waals surface area contributed by atoms with Crippen molar-refractivity contribution >= 4 is 11.8 Å². The third-order valence-electron chi connectivity index (χ3n) is 2.38. The summed E-state index contributed by atoms with van der Waals surface area (Å²) < 4.78 is 1.70. The van der Waals surface area contributed by atoms with E-state index >= 15 is 0 Å². The van der Waals surface area contributed by atoms with Gasteiger partial charge in [0.2, 0.25) is 0 Å². The first kappa shape index (κ1) is 12.1. The summed E-state index contributed by atoms with van der Waals surface area (Å²) in [7, 11) is 1.86. The standard InChI is InChI=1S/C12H15N3OS/c1-9(16)10-4-3-5-12(6-10)17-8-11-7-15(2)14-13-11/h3-7,9,16H,8H2,1-2H3. The van der Waals surface area contributed by atoms with Gasteiger partial charge >= 0.3 is 0 Å². The Morgan fingerprint density at radius 3 is 2.94 bits per heavy atom. The predicted octanol–water partition coefficient (Wildman–Crippen LogP) is 2.16. The van der Waals surface area contributed by atoms with Crippen LogP contribution in [0.25, 0.3) is 0 Å². The number of aryl methyl sites for hydroxylation is 1. The number of aromatic nitrogens is 3. The highest BCUT2D eigenvalue weighted by atomic mass is 32.2. The van der Waals surface area contributed by atoms with E-state index in [0.29, 0.717) is 0 Å². The van der Waals surface area contributed by atoms with E-state index in [0.717, 1.165) is 21.9 Å². The van der Waals surface area contributed by atoms with Crippen molar-refractivity contribution in [2.45, 2.75) is 23.7 Å². The summed E-state index contributed by atoms with van der Waals surface area (Å²) >= 11 is 1.69. The summed E-state index contributed by atoms with van der Waals surface area (Å²) in [6.07, 6.45) is 1.48. The number of nitrogens with zero attached hydrogens (tertiary/aromatic N) is 3. The van der Waals surface area contributed by atoms with E-state index < -0.39 is 6.10 Å². The van der Waals surface area contributed by atoms with E-state index in [1.807, 2.05) is 37.5 Å². The van der Waals surface area contributed by atoms with Gasteiger partial charge < -0.3 is 5.11 Å². The Labute approximate surface area is 105 Å². The van der Waals surface area contributed by atoms with E-state index in [2.05, 4.69) is 10.3 Å². The fourth-order valence-corrected chi connectivity index (χ4v) is 2.32. The molecule has 0 saturated heterocycles. The van der Waals surface area contributed by atoms with Gasteiger partial charge in [0.25, 0.3) is 0 Å². The van der Waals surface area contributed by atoms with Crippen LogP contribution in [0.3, 0.4) is 0 Å². The maximum atomic E-state index is 9.50. The van der Waals surface area contributed by atoms with Gasteiger partial charge in [-0.15, -0.1) is 16.9 Å². The van der Waals surface area contributed by atoms with Gasteiger partial charge in [0.1, 0.15) is 0 Å². The molecule has 0 bridgehead atoms. The van der Waals surface area contributed by atoms with Crippen molar-refractivity contribution in [1.29, 1.82) is 0 Å². The molecule has 1 unspecified atom stereocenters. The Bertz CT molecular complexity index is 496. The van der Waals surface area contributed by atoms with Crippen LogP contribution in [0.2, 0.25) is 0 Å². The first-order valence-electron chi connectivity index (χ1n) is 5.41. The Morgan fingerprint density at radius 1 is 1.47 bits per heavy atom. The minimum absolute atomic E-state index is 0.424. The van der Waals surface area contributed by atoms with Gasteiger partial charge in [-0.3, -0.25) is 4.68 Å². The van der Waals surface area contributed by atoms with E-state index in [4.69, 9.17) is 0 Å². The van der Waals surface area contributed by atoms with Gasteiger partial charge in [0, 0.05) is 23.9 Å². The van der Waals surface area contributed by atoms with Crippen molar-refractivity contribution in [3.8, 4) is 0 Å². The zero-order valence-corrected chi connectivity index (χ0v) is 10.7. The van der Waals surface area contributed by atoms with Crippen molar-refractivity contribution in [3.05, 3.63) is 41.7 Å². The number of hydrogen-bond donors (Lipinski definition) is 1. The van der Waals surface area contributed by atoms with Crippen LogP contribution >= 0.6 is 11.8 Å². The highest BCUT2D eigenvalue weighted by Gasteiger charge is 2.03. The largest absolute Gasteiger partial charge is 0.389 e. The average molecular weight is 249 g/mol. The minimum Gasteiger partial charge on any atom is -0.389 e. The van der Waals surface area contributed by atoms with E-state index in [1.54, 1.807) is 23.4 Å². The van der Waals surface area contributed by atoms with E-state index in [-0.39, 0.29) is 0 Å². The van der Waals surface area contributed by atoms with Gasteiger partial charge in [0.15, 0.2) is 0 Å². The molecule has 1 aromatic carbocycles. The zero-order valence-electron chi connectivity index (χ0n) is 9.87. The van der Waals surface area contributed by atoms with Gasteiger partial charge in [-0.25, -0.2) is 0 Å². The molecule has 0 aliphatic carbocycles. The molecule has 17 heavy (non-hydrogen) atoms. The fourth-order valence-electron chi connectivity index (χ4n) is 1.48. The quantitative estimate of drug-likeness (QED) is 0.844. The molecule has 1 heterocycles. The molecular weight excluding hydrogens is 234 g/mol. The number of thioether (sulfide) groups is 1. The van der Waals surface area contributed by atoms with Gasteiger partial charge in [-0.1, -0.05) is 17.3 Å². The SMILES string of the molecule is CC(O)c1cccc(SCc2cn(C)nn2)c1. The lowest BCUT2D eigenvalue weighted by atomic mass is 10.1. The molecule has 2 aromatic rings. The third kappa shape index (κ3) is 3.31. The lowest BCUT2D eigenvalue weighted by molar-refractivity contribution is 0.199. The van der Waals surface area contributed by atoms with Crippen molar-refractivity contribution in [3.63, 3.8) is 0 Å². The summed E-state index contributed by atoms with van der Waals surface area (Å²) in [5.41, 5.74) is 1.90. The molecule has 4 nitrogen and oxygen atoms in total. The van der Waals surface area contributed by atoms with Crippen molar-refractivity contribution in [2.75, 3.05) is 0 Å². The van der Waals surface area contributed by atoms with Crippen LogP contribution in [0, 0.1) is 0 Å². The highest BCUT2D eigenvalue weighted by molar-refractivity contribution is 7.98. The molecule has 0 amide bonds. The summed E-state index contributed by atoms with van der Waals surface area (Å²) in [4.78, 5) is 1.13. The second kappa shape index (κ2) is 5.33. The lowest BCUT2D eigenvalue weighted by Gasteiger charge is -2.06. The molecular formula is C12H15N3OS. The maximum absolute atomic E-state index is 9.50. The monoisotopic (exact) mass is 249 g/mol. The number of benzene rings is 1. The summed E-state index contributed by atoms with van der Waals surface area (Å²) in [5.74, 6) is 0.789. The summed E-state index contributed by atoms with van der Waals surface area (Å²) in [6.45, 7) is 1.77. The highest BCUT2D eigenvalue weighted by Crippen LogP contribution is 2.24.